The lowest BCUT2D eigenvalue weighted by Crippen LogP contribution is -2.36. The van der Waals surface area contributed by atoms with Gasteiger partial charge in [0, 0.05) is 24.0 Å². The molecule has 2 amide bonds. The largest absolute Gasteiger partial charge is 0.393 e. The number of aliphatic hydroxyl groups is 1. The smallest absolute Gasteiger partial charge is 0.275 e. The van der Waals surface area contributed by atoms with E-state index in [9.17, 15) is 14.7 Å². The van der Waals surface area contributed by atoms with Crippen molar-refractivity contribution in [1.82, 2.24) is 4.98 Å². The Bertz CT molecular complexity index is 1030. The number of nitrogens with zero attached hydrogens (tertiary/aromatic N) is 2. The van der Waals surface area contributed by atoms with Gasteiger partial charge in [0.25, 0.3) is 11.8 Å². The minimum atomic E-state index is -0.337. The summed E-state index contributed by atoms with van der Waals surface area (Å²) in [6, 6.07) is 16.4. The minimum Gasteiger partial charge on any atom is -0.393 e. The number of carbonyl (C=O) groups is 2. The summed E-state index contributed by atoms with van der Waals surface area (Å²) < 4.78 is 0. The standard InChI is InChI=1S/C22H22N4O3S/c27-16-10-12-26(13-11-16)19-9-5-4-8-17(19)23-21(29)18-14-30-22(24-18)25-20(28)15-6-2-1-3-7-15/h1-9,14,16,27H,10-13H2,(H,23,29)(H,24,25,28). The van der Waals surface area contributed by atoms with Crippen LogP contribution in [0.3, 0.4) is 0 Å². The van der Waals surface area contributed by atoms with Crippen LogP contribution in [0.2, 0.25) is 0 Å². The lowest BCUT2D eigenvalue weighted by molar-refractivity contribution is 0.101. The summed E-state index contributed by atoms with van der Waals surface area (Å²) in [5.41, 5.74) is 2.39. The number of benzene rings is 2. The topological polar surface area (TPSA) is 94.6 Å². The summed E-state index contributed by atoms with van der Waals surface area (Å²) in [5.74, 6) is -0.606. The predicted octanol–water partition coefficient (Wildman–Crippen LogP) is 3.61. The van der Waals surface area contributed by atoms with Crippen LogP contribution in [0, 0.1) is 0 Å². The van der Waals surface area contributed by atoms with E-state index in [0.29, 0.717) is 29.2 Å². The van der Waals surface area contributed by atoms with E-state index in [1.54, 1.807) is 29.6 Å². The number of hydrogen-bond donors (Lipinski definition) is 3. The summed E-state index contributed by atoms with van der Waals surface area (Å²) in [7, 11) is 0. The van der Waals surface area contributed by atoms with Gasteiger partial charge in [-0.1, -0.05) is 30.3 Å². The quantitative estimate of drug-likeness (QED) is 0.584. The number of nitrogens with one attached hydrogen (secondary N) is 2. The average Bonchev–Trinajstić information content (AvgIpc) is 3.24. The Hall–Kier alpha value is -3.23. The van der Waals surface area contributed by atoms with E-state index in [1.165, 1.54) is 11.3 Å². The molecule has 0 bridgehead atoms. The molecule has 3 N–H and O–H groups in total. The molecule has 0 unspecified atom stereocenters. The summed E-state index contributed by atoms with van der Waals surface area (Å²) in [5, 5.41) is 17.4. The first-order valence-corrected chi connectivity index (χ1v) is 10.6. The molecule has 0 spiro atoms. The number of para-hydroxylation sites is 2. The number of hydrogen-bond acceptors (Lipinski definition) is 6. The zero-order valence-electron chi connectivity index (χ0n) is 16.2. The minimum absolute atomic E-state index is 0.243. The third-order valence-corrected chi connectivity index (χ3v) is 5.71. The van der Waals surface area contributed by atoms with Crippen LogP contribution in [0.4, 0.5) is 16.5 Å². The lowest BCUT2D eigenvalue weighted by Gasteiger charge is -2.32. The summed E-state index contributed by atoms with van der Waals surface area (Å²) >= 11 is 1.20. The Morgan fingerprint density at radius 2 is 1.67 bits per heavy atom. The van der Waals surface area contributed by atoms with Gasteiger partial charge >= 0.3 is 0 Å². The fourth-order valence-corrected chi connectivity index (χ4v) is 4.03. The molecule has 7 nitrogen and oxygen atoms in total. The van der Waals surface area contributed by atoms with Crippen LogP contribution in [0.1, 0.15) is 33.7 Å². The molecule has 8 heteroatoms. The van der Waals surface area contributed by atoms with E-state index in [0.717, 1.165) is 18.8 Å². The van der Waals surface area contributed by atoms with E-state index in [2.05, 4.69) is 20.5 Å². The van der Waals surface area contributed by atoms with Crippen molar-refractivity contribution in [3.8, 4) is 0 Å². The normalized spacial score (nSPS) is 14.4. The van der Waals surface area contributed by atoms with Crippen LogP contribution in [0.25, 0.3) is 0 Å². The average molecular weight is 423 g/mol. The number of amides is 2. The molecule has 0 atom stereocenters. The molecule has 2 heterocycles. The zero-order valence-corrected chi connectivity index (χ0v) is 17.1. The van der Waals surface area contributed by atoms with Crippen LogP contribution in [-0.2, 0) is 0 Å². The van der Waals surface area contributed by atoms with E-state index in [4.69, 9.17) is 0 Å². The molecule has 3 aromatic rings. The van der Waals surface area contributed by atoms with Gasteiger partial charge in [0.05, 0.1) is 17.5 Å². The fraction of sp³-hybridized carbons (Fsp3) is 0.227. The van der Waals surface area contributed by atoms with Crippen molar-refractivity contribution in [2.75, 3.05) is 28.6 Å². The molecule has 30 heavy (non-hydrogen) atoms. The monoisotopic (exact) mass is 422 g/mol. The Balaban J connectivity index is 1.43. The molecule has 0 radical (unpaired) electrons. The van der Waals surface area contributed by atoms with Gasteiger partial charge in [0.1, 0.15) is 5.69 Å². The SMILES string of the molecule is O=C(Nc1nc(C(=O)Nc2ccccc2N2CCC(O)CC2)cs1)c1ccccc1. The second-order valence-corrected chi connectivity index (χ2v) is 7.91. The van der Waals surface area contributed by atoms with Gasteiger partial charge in [0.2, 0.25) is 0 Å². The van der Waals surface area contributed by atoms with E-state index in [1.807, 2.05) is 30.3 Å². The van der Waals surface area contributed by atoms with Crippen LogP contribution < -0.4 is 15.5 Å². The van der Waals surface area contributed by atoms with Crippen molar-refractivity contribution in [3.63, 3.8) is 0 Å². The van der Waals surface area contributed by atoms with E-state index < -0.39 is 0 Å². The van der Waals surface area contributed by atoms with Crippen molar-refractivity contribution < 1.29 is 14.7 Å². The van der Waals surface area contributed by atoms with Crippen LogP contribution in [0.5, 0.6) is 0 Å². The van der Waals surface area contributed by atoms with Gasteiger partial charge in [-0.25, -0.2) is 4.98 Å². The number of aromatic nitrogens is 1. The molecule has 0 saturated carbocycles. The lowest BCUT2D eigenvalue weighted by atomic mass is 10.1. The van der Waals surface area contributed by atoms with Gasteiger partial charge < -0.3 is 15.3 Å². The number of thiazole rings is 1. The highest BCUT2D eigenvalue weighted by atomic mass is 32.1. The first-order chi connectivity index (χ1) is 14.6. The van der Waals surface area contributed by atoms with Crippen LogP contribution in [0.15, 0.2) is 60.0 Å². The molecule has 1 aromatic heterocycles. The third kappa shape index (κ3) is 4.67. The molecule has 0 aliphatic carbocycles. The van der Waals surface area contributed by atoms with Crippen molar-refractivity contribution in [1.29, 1.82) is 0 Å². The Kier molecular flexibility index (Phi) is 6.06. The van der Waals surface area contributed by atoms with Crippen molar-refractivity contribution in [2.24, 2.45) is 0 Å². The highest BCUT2D eigenvalue weighted by Gasteiger charge is 2.21. The summed E-state index contributed by atoms with van der Waals surface area (Å²) in [6.07, 6.45) is 1.15. The number of piperidine rings is 1. The number of rotatable bonds is 5. The number of aliphatic hydroxyl groups excluding tert-OH is 1. The van der Waals surface area contributed by atoms with E-state index >= 15 is 0 Å². The molecule has 2 aromatic carbocycles. The van der Waals surface area contributed by atoms with Crippen LogP contribution >= 0.6 is 11.3 Å². The second kappa shape index (κ2) is 9.06. The zero-order chi connectivity index (χ0) is 20.9. The number of carbonyl (C=O) groups excluding carboxylic acids is 2. The van der Waals surface area contributed by atoms with Gasteiger partial charge in [-0.15, -0.1) is 11.3 Å². The molecule has 1 aliphatic heterocycles. The van der Waals surface area contributed by atoms with Gasteiger partial charge in [-0.2, -0.15) is 0 Å². The maximum atomic E-state index is 12.7. The third-order valence-electron chi connectivity index (χ3n) is 4.95. The molecule has 1 aliphatic rings. The first-order valence-electron chi connectivity index (χ1n) is 9.75. The Labute approximate surface area is 178 Å². The van der Waals surface area contributed by atoms with Crippen molar-refractivity contribution >= 4 is 39.7 Å². The first kappa shape index (κ1) is 20.1. The molecule has 1 fully saturated rings. The Morgan fingerprint density at radius 1 is 0.967 bits per heavy atom. The molecule has 4 rings (SSSR count). The van der Waals surface area contributed by atoms with Crippen molar-refractivity contribution in [2.45, 2.75) is 18.9 Å². The van der Waals surface area contributed by atoms with Crippen LogP contribution in [-0.4, -0.2) is 41.1 Å². The number of anilines is 3. The predicted molar refractivity (Wildman–Crippen MR) is 118 cm³/mol. The Morgan fingerprint density at radius 3 is 2.43 bits per heavy atom. The van der Waals surface area contributed by atoms with Gasteiger partial charge in [-0.05, 0) is 37.1 Å². The molecule has 154 valence electrons. The van der Waals surface area contributed by atoms with Gasteiger partial charge in [-0.3, -0.25) is 14.9 Å². The maximum Gasteiger partial charge on any atom is 0.275 e. The summed E-state index contributed by atoms with van der Waals surface area (Å²) in [6.45, 7) is 1.47. The molecule has 1 saturated heterocycles. The molecular weight excluding hydrogens is 400 g/mol. The van der Waals surface area contributed by atoms with E-state index in [-0.39, 0.29) is 23.6 Å². The summed E-state index contributed by atoms with van der Waals surface area (Å²) in [4.78, 5) is 31.4. The highest BCUT2D eigenvalue weighted by molar-refractivity contribution is 7.14. The van der Waals surface area contributed by atoms with Gasteiger partial charge in [0.15, 0.2) is 5.13 Å². The fourth-order valence-electron chi connectivity index (χ4n) is 3.34. The van der Waals surface area contributed by atoms with Crippen molar-refractivity contribution in [3.05, 3.63) is 71.2 Å². The highest BCUT2D eigenvalue weighted by Crippen LogP contribution is 2.29. The molecular formula is C22H22N4O3S. The maximum absolute atomic E-state index is 12.7. The second-order valence-electron chi connectivity index (χ2n) is 7.05.